The van der Waals surface area contributed by atoms with E-state index in [1.54, 1.807) is 30.3 Å². The van der Waals surface area contributed by atoms with E-state index in [2.05, 4.69) is 5.32 Å². The maximum atomic E-state index is 12.6. The Bertz CT molecular complexity index is 938. The molecule has 28 heavy (non-hydrogen) atoms. The molecular weight excluding hydrogens is 376 g/mol. The molecular formula is C21H20N2O4S. The summed E-state index contributed by atoms with van der Waals surface area (Å²) in [6, 6.07) is 14.6. The fourth-order valence-electron chi connectivity index (χ4n) is 2.73. The Balaban J connectivity index is 1.69. The summed E-state index contributed by atoms with van der Waals surface area (Å²) >= 11 is 0.812. The number of ether oxygens (including phenoxy) is 1. The van der Waals surface area contributed by atoms with Crippen LogP contribution in [0.1, 0.15) is 18.1 Å². The maximum absolute atomic E-state index is 12.6. The zero-order valence-corrected chi connectivity index (χ0v) is 16.4. The highest BCUT2D eigenvalue weighted by molar-refractivity contribution is 8.18. The van der Waals surface area contributed by atoms with E-state index in [4.69, 9.17) is 4.74 Å². The fourth-order valence-corrected chi connectivity index (χ4v) is 3.56. The number of imide groups is 1. The molecule has 0 aromatic heterocycles. The first kappa shape index (κ1) is 19.7. The molecule has 0 saturated carbocycles. The van der Waals surface area contributed by atoms with Crippen LogP contribution in [0.2, 0.25) is 0 Å². The van der Waals surface area contributed by atoms with Gasteiger partial charge < -0.3 is 10.1 Å². The van der Waals surface area contributed by atoms with E-state index in [-0.39, 0.29) is 11.4 Å². The van der Waals surface area contributed by atoms with Crippen molar-refractivity contribution in [2.75, 3.05) is 19.0 Å². The van der Waals surface area contributed by atoms with E-state index in [1.807, 2.05) is 31.2 Å². The number of nitrogens with one attached hydrogen (secondary N) is 1. The Kier molecular flexibility index (Phi) is 6.16. The second-order valence-electron chi connectivity index (χ2n) is 6.11. The van der Waals surface area contributed by atoms with Gasteiger partial charge in [0.15, 0.2) is 0 Å². The number of para-hydroxylation sites is 1. The third-order valence-corrected chi connectivity index (χ3v) is 5.15. The van der Waals surface area contributed by atoms with Gasteiger partial charge in [-0.05, 0) is 48.0 Å². The molecule has 1 aliphatic heterocycles. The third-order valence-electron chi connectivity index (χ3n) is 4.25. The first-order valence-corrected chi connectivity index (χ1v) is 9.60. The number of hydrogen-bond donors (Lipinski definition) is 1. The minimum atomic E-state index is -0.489. The predicted octanol–water partition coefficient (Wildman–Crippen LogP) is 3.93. The van der Waals surface area contributed by atoms with Gasteiger partial charge in [0.05, 0.1) is 12.0 Å². The monoisotopic (exact) mass is 396 g/mol. The highest BCUT2D eigenvalue weighted by Gasteiger charge is 2.36. The quantitative estimate of drug-likeness (QED) is 0.749. The van der Waals surface area contributed by atoms with Crippen molar-refractivity contribution in [3.63, 3.8) is 0 Å². The Morgan fingerprint density at radius 2 is 1.86 bits per heavy atom. The fraction of sp³-hybridized carbons (Fsp3) is 0.190. The van der Waals surface area contributed by atoms with Gasteiger partial charge in [-0.3, -0.25) is 19.3 Å². The highest BCUT2D eigenvalue weighted by Crippen LogP contribution is 2.33. The summed E-state index contributed by atoms with van der Waals surface area (Å²) in [5.74, 6) is -0.315. The van der Waals surface area contributed by atoms with Crippen molar-refractivity contribution in [1.82, 2.24) is 4.90 Å². The van der Waals surface area contributed by atoms with E-state index >= 15 is 0 Å². The zero-order chi connectivity index (χ0) is 20.1. The lowest BCUT2D eigenvalue weighted by Crippen LogP contribution is -2.36. The van der Waals surface area contributed by atoms with E-state index in [0.717, 1.165) is 28.6 Å². The molecule has 0 bridgehead atoms. The van der Waals surface area contributed by atoms with Crippen LogP contribution >= 0.6 is 11.8 Å². The Morgan fingerprint density at radius 3 is 2.54 bits per heavy atom. The predicted molar refractivity (Wildman–Crippen MR) is 110 cm³/mol. The number of thioether (sulfide) groups is 1. The van der Waals surface area contributed by atoms with Gasteiger partial charge in [-0.1, -0.05) is 37.3 Å². The van der Waals surface area contributed by atoms with E-state index < -0.39 is 17.1 Å². The molecule has 1 heterocycles. The summed E-state index contributed by atoms with van der Waals surface area (Å²) in [5.41, 5.74) is 2.47. The molecule has 0 aliphatic carbocycles. The van der Waals surface area contributed by atoms with Gasteiger partial charge in [0.2, 0.25) is 5.91 Å². The van der Waals surface area contributed by atoms with Gasteiger partial charge in [0, 0.05) is 11.3 Å². The molecule has 1 N–H and O–H groups in total. The van der Waals surface area contributed by atoms with Gasteiger partial charge >= 0.3 is 0 Å². The van der Waals surface area contributed by atoms with E-state index in [1.165, 1.54) is 7.11 Å². The first-order chi connectivity index (χ1) is 13.5. The minimum Gasteiger partial charge on any atom is -0.496 e. The SMILES string of the molecule is CCc1ccc(NC(=O)CN2C(=O)SC(=Cc3ccccc3OC)C2=O)cc1. The number of benzene rings is 2. The lowest BCUT2D eigenvalue weighted by molar-refractivity contribution is -0.127. The van der Waals surface area contributed by atoms with Crippen LogP contribution in [0, 0.1) is 0 Å². The molecule has 144 valence electrons. The summed E-state index contributed by atoms with van der Waals surface area (Å²) in [6.07, 6.45) is 2.51. The molecule has 0 unspecified atom stereocenters. The summed E-state index contributed by atoms with van der Waals surface area (Å²) in [6.45, 7) is 1.72. The number of carbonyl (C=O) groups is 3. The molecule has 2 aromatic carbocycles. The lowest BCUT2D eigenvalue weighted by Gasteiger charge is -2.12. The molecule has 1 aliphatic rings. The number of hydrogen-bond acceptors (Lipinski definition) is 5. The number of amides is 3. The molecule has 0 atom stereocenters. The number of aryl methyl sites for hydroxylation is 1. The van der Waals surface area contributed by atoms with Crippen molar-refractivity contribution < 1.29 is 19.1 Å². The smallest absolute Gasteiger partial charge is 0.294 e. The van der Waals surface area contributed by atoms with Crippen molar-refractivity contribution >= 4 is 40.6 Å². The van der Waals surface area contributed by atoms with Gasteiger partial charge in [0.1, 0.15) is 12.3 Å². The Hall–Kier alpha value is -3.06. The number of carbonyl (C=O) groups excluding carboxylic acids is 3. The average molecular weight is 396 g/mol. The summed E-state index contributed by atoms with van der Waals surface area (Å²) in [5, 5.41) is 2.24. The summed E-state index contributed by atoms with van der Waals surface area (Å²) in [4.78, 5) is 38.3. The third kappa shape index (κ3) is 4.43. The standard InChI is InChI=1S/C21H20N2O4S/c1-3-14-8-10-16(11-9-14)22-19(24)13-23-20(25)18(28-21(23)26)12-15-6-4-5-7-17(15)27-2/h4-12H,3,13H2,1-2H3,(H,22,24). The van der Waals surface area contributed by atoms with Crippen molar-refractivity contribution in [2.45, 2.75) is 13.3 Å². The molecule has 1 fully saturated rings. The van der Waals surface area contributed by atoms with Crippen molar-refractivity contribution in [3.8, 4) is 5.75 Å². The van der Waals surface area contributed by atoms with Crippen molar-refractivity contribution in [1.29, 1.82) is 0 Å². The molecule has 1 saturated heterocycles. The van der Waals surface area contributed by atoms with Gasteiger partial charge in [0.25, 0.3) is 11.1 Å². The van der Waals surface area contributed by atoms with Crippen LogP contribution in [0.5, 0.6) is 5.75 Å². The van der Waals surface area contributed by atoms with Gasteiger partial charge in [-0.15, -0.1) is 0 Å². The zero-order valence-electron chi connectivity index (χ0n) is 15.6. The van der Waals surface area contributed by atoms with E-state index in [9.17, 15) is 14.4 Å². The minimum absolute atomic E-state index is 0.259. The first-order valence-electron chi connectivity index (χ1n) is 8.79. The van der Waals surface area contributed by atoms with Gasteiger partial charge in [-0.25, -0.2) is 0 Å². The molecule has 3 rings (SSSR count). The normalized spacial score (nSPS) is 15.2. The molecule has 3 amide bonds. The molecule has 7 heteroatoms. The van der Waals surface area contributed by atoms with Crippen LogP contribution in [-0.2, 0) is 16.0 Å². The van der Waals surface area contributed by atoms with Gasteiger partial charge in [-0.2, -0.15) is 0 Å². The largest absolute Gasteiger partial charge is 0.496 e. The van der Waals surface area contributed by atoms with Crippen LogP contribution in [0.4, 0.5) is 10.5 Å². The summed E-state index contributed by atoms with van der Waals surface area (Å²) in [7, 11) is 1.54. The highest BCUT2D eigenvalue weighted by atomic mass is 32.2. The second-order valence-corrected chi connectivity index (χ2v) is 7.10. The Morgan fingerprint density at radius 1 is 1.14 bits per heavy atom. The van der Waals surface area contributed by atoms with E-state index in [0.29, 0.717) is 17.0 Å². The second kappa shape index (κ2) is 8.75. The number of rotatable bonds is 6. The molecule has 0 spiro atoms. The van der Waals surface area contributed by atoms with Crippen LogP contribution in [0.25, 0.3) is 6.08 Å². The summed E-state index contributed by atoms with van der Waals surface area (Å²) < 4.78 is 5.26. The lowest BCUT2D eigenvalue weighted by atomic mass is 10.1. The van der Waals surface area contributed by atoms with Crippen LogP contribution in [0.15, 0.2) is 53.4 Å². The topological polar surface area (TPSA) is 75.7 Å². The molecule has 6 nitrogen and oxygen atoms in total. The van der Waals surface area contributed by atoms with Crippen molar-refractivity contribution in [3.05, 3.63) is 64.6 Å². The Labute approximate surface area is 167 Å². The van der Waals surface area contributed by atoms with Crippen LogP contribution < -0.4 is 10.1 Å². The average Bonchev–Trinajstić information content (AvgIpc) is 2.96. The number of nitrogens with zero attached hydrogens (tertiary/aromatic N) is 1. The molecule has 2 aromatic rings. The number of anilines is 1. The van der Waals surface area contributed by atoms with Crippen LogP contribution in [0.3, 0.4) is 0 Å². The number of methoxy groups -OCH3 is 1. The maximum Gasteiger partial charge on any atom is 0.294 e. The van der Waals surface area contributed by atoms with Crippen molar-refractivity contribution in [2.24, 2.45) is 0 Å². The molecule has 0 radical (unpaired) electrons. The van der Waals surface area contributed by atoms with Crippen LogP contribution in [-0.4, -0.2) is 35.6 Å².